The van der Waals surface area contributed by atoms with Crippen LogP contribution in [0.5, 0.6) is 0 Å². The van der Waals surface area contributed by atoms with Crippen LogP contribution in [0, 0.1) is 0 Å². The van der Waals surface area contributed by atoms with Gasteiger partial charge in [0.15, 0.2) is 0 Å². The molecule has 0 radical (unpaired) electrons. The van der Waals surface area contributed by atoms with Gasteiger partial charge in [-0.25, -0.2) is 4.57 Å². The van der Waals surface area contributed by atoms with E-state index in [0.717, 1.165) is 15.7 Å². The second-order valence-corrected chi connectivity index (χ2v) is 5.60. The fourth-order valence-electron chi connectivity index (χ4n) is 1.22. The van der Waals surface area contributed by atoms with Gasteiger partial charge < -0.3 is 14.7 Å². The van der Waals surface area contributed by atoms with E-state index in [1.807, 2.05) is 60.8 Å². The zero-order valence-electron chi connectivity index (χ0n) is 10.3. The summed E-state index contributed by atoms with van der Waals surface area (Å²) in [4.78, 5) is 25.9. The number of rotatable bonds is 2. The molecule has 0 saturated heterocycles. The van der Waals surface area contributed by atoms with Gasteiger partial charge in [-0.2, -0.15) is 0 Å². The molecular formula is C13H13BrNO4P. The van der Waals surface area contributed by atoms with E-state index in [4.69, 9.17) is 19.2 Å². The maximum Gasteiger partial charge on any atom is 0.466 e. The third-order valence-electron chi connectivity index (χ3n) is 1.99. The van der Waals surface area contributed by atoms with Crippen molar-refractivity contribution in [1.82, 2.24) is 0 Å². The van der Waals surface area contributed by atoms with E-state index in [1.165, 1.54) is 0 Å². The molecule has 0 aliphatic carbocycles. The predicted molar refractivity (Wildman–Crippen MR) is 82.1 cm³/mol. The second kappa shape index (κ2) is 8.09. The predicted octanol–water partition coefficient (Wildman–Crippen LogP) is 3.27. The van der Waals surface area contributed by atoms with Gasteiger partial charge >= 0.3 is 7.82 Å². The lowest BCUT2D eigenvalue weighted by Gasteiger charge is -1.94. The van der Waals surface area contributed by atoms with Crippen LogP contribution in [-0.2, 0) is 4.57 Å². The van der Waals surface area contributed by atoms with Gasteiger partial charge in [-0.05, 0) is 29.8 Å². The molecule has 0 fully saturated rings. The van der Waals surface area contributed by atoms with Crippen molar-refractivity contribution in [2.75, 3.05) is 0 Å². The van der Waals surface area contributed by atoms with Crippen LogP contribution in [0.15, 0.2) is 64.1 Å². The number of hydrogen-bond acceptors (Lipinski definition) is 2. The first-order valence-electron chi connectivity index (χ1n) is 5.47. The minimum absolute atomic E-state index is 0.960. The Morgan fingerprint density at radius 2 is 1.45 bits per heavy atom. The molecule has 2 aromatic rings. The molecule has 5 nitrogen and oxygen atoms in total. The molecule has 3 N–H and O–H groups in total. The summed E-state index contributed by atoms with van der Waals surface area (Å²) in [6.45, 7) is 0. The minimum atomic E-state index is -4.64. The highest BCUT2D eigenvalue weighted by atomic mass is 79.9. The van der Waals surface area contributed by atoms with E-state index < -0.39 is 7.82 Å². The lowest BCUT2D eigenvalue weighted by atomic mass is 10.2. The van der Waals surface area contributed by atoms with Crippen LogP contribution >= 0.6 is 23.8 Å². The van der Waals surface area contributed by atoms with Crippen LogP contribution in [0.2, 0.25) is 0 Å². The molecule has 0 heterocycles. The van der Waals surface area contributed by atoms with Crippen molar-refractivity contribution in [3.63, 3.8) is 0 Å². The van der Waals surface area contributed by atoms with E-state index in [9.17, 15) is 0 Å². The Morgan fingerprint density at radius 1 is 0.950 bits per heavy atom. The Hall–Kier alpha value is -1.30. The third kappa shape index (κ3) is 8.74. The highest BCUT2D eigenvalue weighted by molar-refractivity contribution is 9.10. The molecule has 0 unspecified atom stereocenters. The van der Waals surface area contributed by atoms with E-state index in [0.29, 0.717) is 0 Å². The van der Waals surface area contributed by atoms with Crippen LogP contribution in [0.4, 0.5) is 5.69 Å². The van der Waals surface area contributed by atoms with Crippen LogP contribution < -0.4 is 0 Å². The number of benzene rings is 2. The number of aliphatic imine (C=N–C) groups is 1. The highest BCUT2D eigenvalue weighted by Crippen LogP contribution is 2.25. The molecular weight excluding hydrogens is 345 g/mol. The van der Waals surface area contributed by atoms with E-state index in [2.05, 4.69) is 20.9 Å². The van der Waals surface area contributed by atoms with Crippen molar-refractivity contribution in [3.8, 4) is 0 Å². The number of nitrogens with zero attached hydrogens (tertiary/aromatic N) is 1. The maximum absolute atomic E-state index is 8.88. The standard InChI is InChI=1S/C13H10BrN.H3O4P/c14-12-6-8-13(9-7-12)15-10-11-4-2-1-3-5-11;1-5(2,3)4/h1-10H;(H3,1,2,3,4). The molecule has 0 aromatic heterocycles. The molecule has 7 heteroatoms. The van der Waals surface area contributed by atoms with Crippen molar-refractivity contribution in [1.29, 1.82) is 0 Å². The Morgan fingerprint density at radius 3 is 1.95 bits per heavy atom. The summed E-state index contributed by atoms with van der Waals surface area (Å²) in [6.07, 6.45) is 1.86. The number of halogens is 1. The molecule has 0 saturated carbocycles. The fourth-order valence-corrected chi connectivity index (χ4v) is 1.48. The summed E-state index contributed by atoms with van der Waals surface area (Å²) in [5, 5.41) is 0. The molecule has 2 aromatic carbocycles. The average Bonchev–Trinajstić information content (AvgIpc) is 2.37. The summed E-state index contributed by atoms with van der Waals surface area (Å²) in [5.41, 5.74) is 2.07. The van der Waals surface area contributed by atoms with Gasteiger partial charge in [-0.1, -0.05) is 46.3 Å². The smallest absolute Gasteiger partial charge is 0.303 e. The summed E-state index contributed by atoms with van der Waals surface area (Å²) >= 11 is 3.39. The second-order valence-electron chi connectivity index (χ2n) is 3.66. The van der Waals surface area contributed by atoms with Crippen molar-refractivity contribution >= 4 is 35.7 Å². The molecule has 0 spiro atoms. The van der Waals surface area contributed by atoms with Gasteiger partial charge in [0.05, 0.1) is 5.69 Å². The zero-order chi connectivity index (χ0) is 15.0. The van der Waals surface area contributed by atoms with E-state index >= 15 is 0 Å². The zero-order valence-corrected chi connectivity index (χ0v) is 12.8. The molecule has 20 heavy (non-hydrogen) atoms. The molecule has 2 rings (SSSR count). The quantitative estimate of drug-likeness (QED) is 0.568. The van der Waals surface area contributed by atoms with Crippen LogP contribution in [0.1, 0.15) is 5.56 Å². The van der Waals surface area contributed by atoms with Crippen molar-refractivity contribution < 1.29 is 19.2 Å². The SMILES string of the molecule is Brc1ccc(N=Cc2ccccc2)cc1.O=P(O)(O)O. The van der Waals surface area contributed by atoms with Gasteiger partial charge in [-0.3, -0.25) is 4.99 Å². The lowest BCUT2D eigenvalue weighted by Crippen LogP contribution is -1.77. The summed E-state index contributed by atoms with van der Waals surface area (Å²) in [7, 11) is -4.64. The van der Waals surface area contributed by atoms with Gasteiger partial charge in [0, 0.05) is 10.7 Å². The van der Waals surface area contributed by atoms with Gasteiger partial charge in [0.1, 0.15) is 0 Å². The first kappa shape index (κ1) is 16.8. The van der Waals surface area contributed by atoms with Gasteiger partial charge in [0.25, 0.3) is 0 Å². The molecule has 0 amide bonds. The van der Waals surface area contributed by atoms with Gasteiger partial charge in [-0.15, -0.1) is 0 Å². The Kier molecular flexibility index (Phi) is 6.78. The van der Waals surface area contributed by atoms with Crippen LogP contribution in [0.25, 0.3) is 0 Å². The van der Waals surface area contributed by atoms with E-state index in [1.54, 1.807) is 0 Å². The summed E-state index contributed by atoms with van der Waals surface area (Å²) in [6, 6.07) is 18.0. The summed E-state index contributed by atoms with van der Waals surface area (Å²) in [5.74, 6) is 0. The van der Waals surface area contributed by atoms with Gasteiger partial charge in [0.2, 0.25) is 0 Å². The first-order valence-corrected chi connectivity index (χ1v) is 7.83. The number of phosphoric acid groups is 1. The van der Waals surface area contributed by atoms with E-state index in [-0.39, 0.29) is 0 Å². The highest BCUT2D eigenvalue weighted by Gasteiger charge is 2.00. The topological polar surface area (TPSA) is 90.1 Å². The van der Waals surface area contributed by atoms with Crippen molar-refractivity contribution in [2.24, 2.45) is 4.99 Å². The average molecular weight is 358 g/mol. The molecule has 106 valence electrons. The lowest BCUT2D eigenvalue weighted by molar-refractivity contribution is 0.275. The monoisotopic (exact) mass is 357 g/mol. The molecule has 0 bridgehead atoms. The molecule has 0 atom stereocenters. The maximum atomic E-state index is 8.88. The normalized spacial score (nSPS) is 11.0. The molecule has 0 aliphatic heterocycles. The van der Waals surface area contributed by atoms with Crippen LogP contribution in [0.3, 0.4) is 0 Å². The molecule has 0 aliphatic rings. The Bertz CT molecular complexity index is 587. The first-order chi connectivity index (χ1) is 9.34. The fraction of sp³-hybridized carbons (Fsp3) is 0. The van der Waals surface area contributed by atoms with Crippen molar-refractivity contribution in [2.45, 2.75) is 0 Å². The van der Waals surface area contributed by atoms with Crippen LogP contribution in [-0.4, -0.2) is 20.9 Å². The minimum Gasteiger partial charge on any atom is -0.303 e. The van der Waals surface area contributed by atoms with Crippen molar-refractivity contribution in [3.05, 3.63) is 64.6 Å². The third-order valence-corrected chi connectivity index (χ3v) is 2.52. The largest absolute Gasteiger partial charge is 0.466 e. The summed E-state index contributed by atoms with van der Waals surface area (Å²) < 4.78 is 9.95. The number of hydrogen-bond donors (Lipinski definition) is 3. The Labute approximate surface area is 125 Å². The Balaban J connectivity index is 0.000000347.